The lowest BCUT2D eigenvalue weighted by Gasteiger charge is -2.23. The van der Waals surface area contributed by atoms with Crippen LogP contribution in [-0.2, 0) is 21.4 Å². The van der Waals surface area contributed by atoms with Gasteiger partial charge in [-0.1, -0.05) is 41.9 Å². The van der Waals surface area contributed by atoms with Crippen LogP contribution in [0.3, 0.4) is 0 Å². The van der Waals surface area contributed by atoms with Gasteiger partial charge < -0.3 is 5.32 Å². The molecule has 0 aliphatic rings. The highest BCUT2D eigenvalue weighted by Crippen LogP contribution is 2.22. The molecule has 3 aromatic carbocycles. The standard InChI is InChI=1S/C24H24ClFN2O3S2/c1-17(18-7-11-21(32-2)12-8-18)27-24(29)16-28(15-19-5-3-4-6-23(19)26)33(30,31)22-13-9-20(25)10-14-22/h3-14,17H,15-16H2,1-2H3,(H,27,29). The minimum Gasteiger partial charge on any atom is -0.348 e. The summed E-state index contributed by atoms with van der Waals surface area (Å²) in [7, 11) is -4.09. The maximum Gasteiger partial charge on any atom is 0.243 e. The van der Waals surface area contributed by atoms with Gasteiger partial charge >= 0.3 is 0 Å². The van der Waals surface area contributed by atoms with Gasteiger partial charge in [0.1, 0.15) is 5.82 Å². The van der Waals surface area contributed by atoms with Gasteiger partial charge in [-0.25, -0.2) is 12.8 Å². The Kier molecular flexibility index (Phi) is 8.53. The van der Waals surface area contributed by atoms with Crippen molar-refractivity contribution in [3.05, 3.63) is 94.8 Å². The van der Waals surface area contributed by atoms with Gasteiger partial charge in [0.05, 0.1) is 17.5 Å². The first kappa shape index (κ1) is 25.2. The van der Waals surface area contributed by atoms with Crippen molar-refractivity contribution in [1.82, 2.24) is 9.62 Å². The Morgan fingerprint density at radius 1 is 1.06 bits per heavy atom. The molecule has 0 radical (unpaired) electrons. The number of hydrogen-bond donors (Lipinski definition) is 1. The van der Waals surface area contributed by atoms with Gasteiger partial charge in [0.15, 0.2) is 0 Å². The van der Waals surface area contributed by atoms with Crippen LogP contribution in [0.15, 0.2) is 82.6 Å². The third kappa shape index (κ3) is 6.57. The molecule has 0 aliphatic carbocycles. The lowest BCUT2D eigenvalue weighted by atomic mass is 10.1. The van der Waals surface area contributed by atoms with E-state index in [1.165, 1.54) is 42.5 Å². The summed E-state index contributed by atoms with van der Waals surface area (Å²) >= 11 is 7.50. The Labute approximate surface area is 203 Å². The molecule has 3 rings (SSSR count). The number of carbonyl (C=O) groups excluding carboxylic acids is 1. The summed E-state index contributed by atoms with van der Waals surface area (Å²) in [6, 6.07) is 18.9. The van der Waals surface area contributed by atoms with Crippen LogP contribution in [-0.4, -0.2) is 31.4 Å². The number of nitrogens with one attached hydrogen (secondary N) is 1. The van der Waals surface area contributed by atoms with Crippen LogP contribution in [0.25, 0.3) is 0 Å². The van der Waals surface area contributed by atoms with Crippen molar-refractivity contribution in [2.75, 3.05) is 12.8 Å². The smallest absolute Gasteiger partial charge is 0.243 e. The maximum atomic E-state index is 14.3. The van der Waals surface area contributed by atoms with Gasteiger partial charge in [0.25, 0.3) is 0 Å². The molecule has 3 aromatic rings. The molecule has 1 unspecified atom stereocenters. The lowest BCUT2D eigenvalue weighted by molar-refractivity contribution is -0.122. The lowest BCUT2D eigenvalue weighted by Crippen LogP contribution is -2.41. The van der Waals surface area contributed by atoms with Crippen molar-refractivity contribution >= 4 is 39.3 Å². The fourth-order valence-corrected chi connectivity index (χ4v) is 5.13. The molecule has 0 saturated carbocycles. The van der Waals surface area contributed by atoms with E-state index in [-0.39, 0.29) is 23.0 Å². The molecule has 0 heterocycles. The zero-order valence-electron chi connectivity index (χ0n) is 18.2. The number of amides is 1. The minimum atomic E-state index is -4.09. The molecule has 0 aliphatic heterocycles. The molecule has 0 spiro atoms. The van der Waals surface area contributed by atoms with Gasteiger partial charge in [-0.2, -0.15) is 4.31 Å². The largest absolute Gasteiger partial charge is 0.348 e. The molecule has 5 nitrogen and oxygen atoms in total. The number of carbonyl (C=O) groups is 1. The summed E-state index contributed by atoms with van der Waals surface area (Å²) in [4.78, 5) is 13.9. The van der Waals surface area contributed by atoms with Crippen LogP contribution in [0, 0.1) is 5.82 Å². The van der Waals surface area contributed by atoms with E-state index in [0.29, 0.717) is 5.02 Å². The number of halogens is 2. The molecule has 1 N–H and O–H groups in total. The van der Waals surface area contributed by atoms with E-state index in [0.717, 1.165) is 14.8 Å². The topological polar surface area (TPSA) is 66.5 Å². The molecule has 0 bridgehead atoms. The van der Waals surface area contributed by atoms with Gasteiger partial charge in [-0.05, 0) is 61.2 Å². The van der Waals surface area contributed by atoms with Gasteiger partial charge in [-0.3, -0.25) is 4.79 Å². The van der Waals surface area contributed by atoms with Gasteiger partial charge in [-0.15, -0.1) is 11.8 Å². The molecular formula is C24H24ClFN2O3S2. The number of thioether (sulfide) groups is 1. The highest BCUT2D eigenvalue weighted by Gasteiger charge is 2.28. The summed E-state index contributed by atoms with van der Waals surface area (Å²) in [5.74, 6) is -1.04. The Bertz CT molecular complexity index is 1200. The molecule has 33 heavy (non-hydrogen) atoms. The van der Waals surface area contributed by atoms with Gasteiger partial charge in [0, 0.05) is 22.0 Å². The Balaban J connectivity index is 1.83. The van der Waals surface area contributed by atoms with Crippen molar-refractivity contribution in [3.63, 3.8) is 0 Å². The number of benzene rings is 3. The van der Waals surface area contributed by atoms with Crippen molar-refractivity contribution in [2.24, 2.45) is 0 Å². The minimum absolute atomic E-state index is 0.0308. The summed E-state index contributed by atoms with van der Waals surface area (Å²) in [6.45, 7) is 1.06. The molecule has 0 aromatic heterocycles. The Morgan fingerprint density at radius 3 is 2.30 bits per heavy atom. The van der Waals surface area contributed by atoms with Crippen molar-refractivity contribution in [1.29, 1.82) is 0 Å². The molecule has 9 heteroatoms. The van der Waals surface area contributed by atoms with Crippen molar-refractivity contribution in [2.45, 2.75) is 29.3 Å². The normalized spacial score (nSPS) is 12.5. The third-order valence-electron chi connectivity index (χ3n) is 5.07. The van der Waals surface area contributed by atoms with Crippen LogP contribution >= 0.6 is 23.4 Å². The fourth-order valence-electron chi connectivity index (χ4n) is 3.22. The predicted molar refractivity (Wildman–Crippen MR) is 130 cm³/mol. The highest BCUT2D eigenvalue weighted by atomic mass is 35.5. The van der Waals surface area contributed by atoms with Crippen LogP contribution in [0.5, 0.6) is 0 Å². The van der Waals surface area contributed by atoms with E-state index in [1.807, 2.05) is 37.4 Å². The highest BCUT2D eigenvalue weighted by molar-refractivity contribution is 7.98. The van der Waals surface area contributed by atoms with Crippen molar-refractivity contribution in [3.8, 4) is 0 Å². The number of rotatable bonds is 9. The molecular weight excluding hydrogens is 483 g/mol. The monoisotopic (exact) mass is 506 g/mol. The summed E-state index contributed by atoms with van der Waals surface area (Å²) in [6.07, 6.45) is 1.98. The Morgan fingerprint density at radius 2 is 1.70 bits per heavy atom. The SMILES string of the molecule is CSc1ccc(C(C)NC(=O)CN(Cc2ccccc2F)S(=O)(=O)c2ccc(Cl)cc2)cc1. The van der Waals surface area contributed by atoms with E-state index in [4.69, 9.17) is 11.6 Å². The van der Waals surface area contributed by atoms with E-state index in [9.17, 15) is 17.6 Å². The Hall–Kier alpha value is -2.39. The summed E-state index contributed by atoms with van der Waals surface area (Å²) in [5.41, 5.74) is 1.06. The summed E-state index contributed by atoms with van der Waals surface area (Å²) < 4.78 is 41.8. The van der Waals surface area contributed by atoms with Crippen LogP contribution in [0.2, 0.25) is 5.02 Å². The molecule has 0 fully saturated rings. The van der Waals surface area contributed by atoms with Crippen molar-refractivity contribution < 1.29 is 17.6 Å². The van der Waals surface area contributed by atoms with E-state index < -0.39 is 28.3 Å². The molecule has 1 amide bonds. The second-order valence-electron chi connectivity index (χ2n) is 7.38. The van der Waals surface area contributed by atoms with Gasteiger partial charge in [0.2, 0.25) is 15.9 Å². The molecule has 0 saturated heterocycles. The van der Waals surface area contributed by atoms with Crippen LogP contribution < -0.4 is 5.32 Å². The third-order valence-corrected chi connectivity index (χ3v) is 7.87. The maximum absolute atomic E-state index is 14.3. The first-order valence-corrected chi connectivity index (χ1v) is 13.2. The second kappa shape index (κ2) is 11.2. The second-order valence-corrected chi connectivity index (χ2v) is 10.6. The van der Waals surface area contributed by atoms with E-state index in [2.05, 4.69) is 5.32 Å². The first-order chi connectivity index (χ1) is 15.7. The average Bonchev–Trinajstić information content (AvgIpc) is 2.80. The van der Waals surface area contributed by atoms with Crippen LogP contribution in [0.4, 0.5) is 4.39 Å². The number of sulfonamides is 1. The number of hydrogen-bond acceptors (Lipinski definition) is 4. The first-order valence-electron chi connectivity index (χ1n) is 10.1. The zero-order valence-corrected chi connectivity index (χ0v) is 20.6. The quantitative estimate of drug-likeness (QED) is 0.401. The molecule has 1 atom stereocenters. The fraction of sp³-hybridized carbons (Fsp3) is 0.208. The summed E-state index contributed by atoms with van der Waals surface area (Å²) in [5, 5.41) is 3.21. The average molecular weight is 507 g/mol. The number of nitrogens with zero attached hydrogens (tertiary/aromatic N) is 1. The van der Waals surface area contributed by atoms with E-state index in [1.54, 1.807) is 17.8 Å². The van der Waals surface area contributed by atoms with E-state index >= 15 is 0 Å². The van der Waals surface area contributed by atoms with Crippen LogP contribution in [0.1, 0.15) is 24.1 Å². The molecule has 174 valence electrons. The predicted octanol–water partition coefficient (Wildman–Crippen LogP) is 5.27. The zero-order chi connectivity index (χ0) is 24.0.